The number of hydrogen-bond donors (Lipinski definition) is 2. The molecule has 0 radical (unpaired) electrons. The molecule has 1 heterocycles. The first-order valence-electron chi connectivity index (χ1n) is 6.38. The van der Waals surface area contributed by atoms with Crippen molar-refractivity contribution < 1.29 is 4.79 Å². The quantitative estimate of drug-likeness (QED) is 0.833. The summed E-state index contributed by atoms with van der Waals surface area (Å²) in [5, 5.41) is 5.04. The summed E-state index contributed by atoms with van der Waals surface area (Å²) in [5.41, 5.74) is 1.20. The van der Waals surface area contributed by atoms with Crippen LogP contribution >= 0.6 is 0 Å². The Kier molecular flexibility index (Phi) is 8.37. The number of hydrogen-bond acceptors (Lipinski definition) is 1. The molecule has 0 aromatic carbocycles. The Labute approximate surface area is 109 Å². The predicted molar refractivity (Wildman–Crippen MR) is 78.6 cm³/mol. The molecule has 0 aliphatic carbocycles. The minimum absolute atomic E-state index is 0.00654. The molecule has 0 aliphatic rings. The summed E-state index contributed by atoms with van der Waals surface area (Å²) in [6.45, 7) is 11.9. The first kappa shape index (κ1) is 16.2. The Balaban J connectivity index is 0.00000137. The van der Waals surface area contributed by atoms with Crippen LogP contribution in [0.3, 0.4) is 0 Å². The average Bonchev–Trinajstić information content (AvgIpc) is 2.75. The monoisotopic (exact) mass is 248 g/mol. The summed E-state index contributed by atoms with van der Waals surface area (Å²) >= 11 is 0. The zero-order valence-electron chi connectivity index (χ0n) is 11.8. The fourth-order valence-electron chi connectivity index (χ4n) is 1.63. The molecule has 1 rings (SSSR count). The molecule has 0 fully saturated rings. The van der Waals surface area contributed by atoms with Crippen LogP contribution < -0.4 is 15.9 Å². The lowest BCUT2D eigenvalue weighted by molar-refractivity contribution is -0.118. The van der Waals surface area contributed by atoms with Crippen LogP contribution in [-0.4, -0.2) is 17.4 Å². The molecule has 18 heavy (non-hydrogen) atoms. The molecule has 100 valence electrons. The van der Waals surface area contributed by atoms with Gasteiger partial charge in [-0.15, -0.1) is 0 Å². The zero-order chi connectivity index (χ0) is 14.0. The van der Waals surface area contributed by atoms with E-state index in [1.54, 1.807) is 6.08 Å². The Morgan fingerprint density at radius 1 is 1.50 bits per heavy atom. The molecule has 0 saturated heterocycles. The van der Waals surface area contributed by atoms with E-state index in [0.29, 0.717) is 6.54 Å². The molecule has 0 saturated carbocycles. The molecule has 3 heteroatoms. The van der Waals surface area contributed by atoms with Gasteiger partial charge in [-0.25, -0.2) is 0 Å². The summed E-state index contributed by atoms with van der Waals surface area (Å²) in [4.78, 5) is 14.0. The van der Waals surface area contributed by atoms with E-state index >= 15 is 0 Å². The van der Waals surface area contributed by atoms with Crippen LogP contribution in [0.5, 0.6) is 0 Å². The predicted octanol–water partition coefficient (Wildman–Crippen LogP) is 1.49. The molecule has 0 bridgehead atoms. The normalized spacial score (nSPS) is 11.8. The number of aromatic nitrogens is 1. The number of amides is 1. The van der Waals surface area contributed by atoms with Crippen LogP contribution in [0.4, 0.5) is 0 Å². The highest BCUT2D eigenvalue weighted by molar-refractivity contribution is 5.72. The van der Waals surface area contributed by atoms with Crippen LogP contribution in [0.2, 0.25) is 0 Å². The molecule has 3 nitrogen and oxygen atoms in total. The number of nitrogens with one attached hydrogen (secondary N) is 2. The van der Waals surface area contributed by atoms with Gasteiger partial charge in [-0.3, -0.25) is 4.79 Å². The van der Waals surface area contributed by atoms with E-state index in [1.165, 1.54) is 12.5 Å². The smallest absolute Gasteiger partial charge is 0.216 e. The molecule has 1 aromatic heterocycles. The van der Waals surface area contributed by atoms with Crippen LogP contribution in [0, 0.1) is 0 Å². The third kappa shape index (κ3) is 5.04. The van der Waals surface area contributed by atoms with Crippen LogP contribution in [-0.2, 0) is 11.2 Å². The third-order valence-electron chi connectivity index (χ3n) is 2.38. The van der Waals surface area contributed by atoms with E-state index in [9.17, 15) is 4.79 Å². The lowest BCUT2D eigenvalue weighted by atomic mass is 10.2. The molecular weight excluding hydrogens is 224 g/mol. The lowest BCUT2D eigenvalue weighted by Gasteiger charge is -1.99. The summed E-state index contributed by atoms with van der Waals surface area (Å²) in [5.74, 6) is 0.00654. The van der Waals surface area contributed by atoms with Crippen molar-refractivity contribution in [2.75, 3.05) is 6.54 Å². The van der Waals surface area contributed by atoms with Crippen molar-refractivity contribution in [1.82, 2.24) is 10.3 Å². The molecule has 0 spiro atoms. The van der Waals surface area contributed by atoms with Crippen molar-refractivity contribution in [2.24, 2.45) is 0 Å². The third-order valence-corrected chi connectivity index (χ3v) is 2.38. The van der Waals surface area contributed by atoms with Gasteiger partial charge in [-0.1, -0.05) is 38.7 Å². The molecule has 0 unspecified atom stereocenters. The topological polar surface area (TPSA) is 44.9 Å². The Bertz CT molecular complexity index is 483. The van der Waals surface area contributed by atoms with Crippen molar-refractivity contribution in [3.05, 3.63) is 35.0 Å². The van der Waals surface area contributed by atoms with Crippen molar-refractivity contribution in [3.63, 3.8) is 0 Å². The van der Waals surface area contributed by atoms with Gasteiger partial charge in [0.05, 0.1) is 0 Å². The summed E-state index contributed by atoms with van der Waals surface area (Å²) < 4.78 is 0. The standard InChI is InChI=1S/C13H18N2O.C2H6/c1-4-6-12-11(7-8-14-10(3)16)9-15-13(12)5-2;1-2/h4-6,9,15H,1,7-8H2,2-3H3,(H,14,16);1-2H3/b12-6-,13-5+;. The lowest BCUT2D eigenvalue weighted by Crippen LogP contribution is -2.28. The maximum absolute atomic E-state index is 10.8. The van der Waals surface area contributed by atoms with E-state index in [4.69, 9.17) is 0 Å². The highest BCUT2D eigenvalue weighted by Gasteiger charge is 1.99. The highest BCUT2D eigenvalue weighted by Crippen LogP contribution is 1.88. The van der Waals surface area contributed by atoms with E-state index in [0.717, 1.165) is 17.0 Å². The van der Waals surface area contributed by atoms with Gasteiger partial charge >= 0.3 is 0 Å². The second-order valence-electron chi connectivity index (χ2n) is 3.57. The first-order valence-corrected chi connectivity index (χ1v) is 6.38. The van der Waals surface area contributed by atoms with Crippen LogP contribution in [0.15, 0.2) is 18.9 Å². The molecule has 1 aromatic rings. The summed E-state index contributed by atoms with van der Waals surface area (Å²) in [6, 6.07) is 0. The molecule has 0 atom stereocenters. The summed E-state index contributed by atoms with van der Waals surface area (Å²) in [6.07, 6.45) is 8.58. The van der Waals surface area contributed by atoms with Gasteiger partial charge < -0.3 is 10.3 Å². The number of aromatic amines is 1. The number of rotatable bonds is 4. The Morgan fingerprint density at radius 2 is 2.17 bits per heavy atom. The van der Waals surface area contributed by atoms with Gasteiger partial charge in [0.25, 0.3) is 0 Å². The largest absolute Gasteiger partial charge is 0.361 e. The van der Waals surface area contributed by atoms with Gasteiger partial charge in [0.15, 0.2) is 0 Å². The van der Waals surface area contributed by atoms with Crippen molar-refractivity contribution >= 4 is 18.1 Å². The fourth-order valence-corrected chi connectivity index (χ4v) is 1.63. The number of allylic oxidation sites excluding steroid dienone is 1. The number of carbonyl (C=O) groups is 1. The van der Waals surface area contributed by atoms with E-state index in [-0.39, 0.29) is 5.91 Å². The Morgan fingerprint density at radius 3 is 2.67 bits per heavy atom. The van der Waals surface area contributed by atoms with Crippen molar-refractivity contribution in [2.45, 2.75) is 34.1 Å². The highest BCUT2D eigenvalue weighted by atomic mass is 16.1. The second-order valence-corrected chi connectivity index (χ2v) is 3.57. The van der Waals surface area contributed by atoms with Crippen LogP contribution in [0.25, 0.3) is 12.2 Å². The Hall–Kier alpha value is -1.77. The van der Waals surface area contributed by atoms with E-state index in [1.807, 2.05) is 39.1 Å². The minimum Gasteiger partial charge on any atom is -0.361 e. The summed E-state index contributed by atoms with van der Waals surface area (Å²) in [7, 11) is 0. The SMILES string of the molecule is C=C/C=c1/c(CCNC(C)=O)c[nH]/c1=C/C.CC. The fraction of sp³-hybridized carbons (Fsp3) is 0.400. The molecule has 1 amide bonds. The van der Waals surface area contributed by atoms with Gasteiger partial charge in [-0.05, 0) is 18.9 Å². The number of carbonyl (C=O) groups excluding carboxylic acids is 1. The zero-order valence-corrected chi connectivity index (χ0v) is 11.8. The average molecular weight is 248 g/mol. The maximum atomic E-state index is 10.8. The van der Waals surface area contributed by atoms with Crippen molar-refractivity contribution in [1.29, 1.82) is 0 Å². The molecular formula is C15H24N2O. The van der Waals surface area contributed by atoms with Crippen LogP contribution in [0.1, 0.15) is 33.3 Å². The van der Waals surface area contributed by atoms with Gasteiger partial charge in [-0.2, -0.15) is 0 Å². The first-order chi connectivity index (χ1) is 8.69. The number of H-pyrrole nitrogens is 1. The second kappa shape index (κ2) is 9.28. The van der Waals surface area contributed by atoms with Gasteiger partial charge in [0, 0.05) is 30.2 Å². The van der Waals surface area contributed by atoms with E-state index in [2.05, 4.69) is 16.9 Å². The van der Waals surface area contributed by atoms with E-state index < -0.39 is 0 Å². The van der Waals surface area contributed by atoms with Crippen molar-refractivity contribution in [3.8, 4) is 0 Å². The minimum atomic E-state index is 0.00654. The van der Waals surface area contributed by atoms with Gasteiger partial charge in [0.1, 0.15) is 0 Å². The molecule has 2 N–H and O–H groups in total. The maximum Gasteiger partial charge on any atom is 0.216 e. The van der Waals surface area contributed by atoms with Gasteiger partial charge in [0.2, 0.25) is 5.91 Å². The molecule has 0 aliphatic heterocycles.